The molecule has 182 valence electrons. The van der Waals surface area contributed by atoms with Gasteiger partial charge in [-0.05, 0) is 48.3 Å². The van der Waals surface area contributed by atoms with Crippen molar-refractivity contribution in [2.75, 3.05) is 6.54 Å². The zero-order valence-electron chi connectivity index (χ0n) is 19.5. The lowest BCUT2D eigenvalue weighted by molar-refractivity contribution is -0.141. The van der Waals surface area contributed by atoms with Crippen LogP contribution >= 0.6 is 11.5 Å². The molecule has 1 aliphatic rings. The third-order valence-electron chi connectivity index (χ3n) is 5.66. The van der Waals surface area contributed by atoms with Crippen molar-refractivity contribution in [2.24, 2.45) is 11.8 Å². The van der Waals surface area contributed by atoms with Crippen LogP contribution in [0.15, 0.2) is 36.4 Å². The number of carbonyl (C=O) groups excluding carboxylic acids is 4. The topological polar surface area (TPSA) is 114 Å². The normalized spacial score (nSPS) is 17.4. The maximum atomic E-state index is 13.2. The average molecular weight is 486 g/mol. The molecule has 3 rings (SSSR count). The minimum Gasteiger partial charge on any atom is -0.445 e. The van der Waals surface area contributed by atoms with Crippen LogP contribution in [0.2, 0.25) is 0 Å². The Hall–Kier alpha value is -3.07. The molecule has 34 heavy (non-hydrogen) atoms. The molecule has 0 saturated carbocycles. The standard InChI is InChI=1S/C25H31N3O5S/c1-16(2)12-21(27-25(32)33-15-17-6-4-3-5-7-17)22(29)13-18-8-9-20-14-19(28-34-20)10-11-26-24(31)23(18)30/h3-7,14,16,18,21H,8-13,15H2,1-2H3,(H,26,31)(H,27,32). The number of aryl methyl sites for hydroxylation is 1. The van der Waals surface area contributed by atoms with E-state index in [2.05, 4.69) is 15.0 Å². The second kappa shape index (κ2) is 12.4. The number of aromatic nitrogens is 1. The maximum Gasteiger partial charge on any atom is 0.408 e. The zero-order chi connectivity index (χ0) is 24.5. The van der Waals surface area contributed by atoms with Gasteiger partial charge in [0.25, 0.3) is 5.91 Å². The van der Waals surface area contributed by atoms with Gasteiger partial charge in [0.1, 0.15) is 6.61 Å². The van der Waals surface area contributed by atoms with Crippen molar-refractivity contribution in [2.45, 2.75) is 58.6 Å². The Labute approximate surface area is 203 Å². The third-order valence-corrected chi connectivity index (χ3v) is 6.54. The highest BCUT2D eigenvalue weighted by atomic mass is 32.1. The Kier molecular flexibility index (Phi) is 9.33. The summed E-state index contributed by atoms with van der Waals surface area (Å²) in [4.78, 5) is 51.8. The first kappa shape index (κ1) is 25.6. The molecule has 2 atom stereocenters. The first-order valence-electron chi connectivity index (χ1n) is 11.6. The van der Waals surface area contributed by atoms with Gasteiger partial charge in [0, 0.05) is 30.2 Å². The van der Waals surface area contributed by atoms with Crippen LogP contribution in [0.5, 0.6) is 0 Å². The van der Waals surface area contributed by atoms with Crippen LogP contribution in [0.25, 0.3) is 0 Å². The van der Waals surface area contributed by atoms with E-state index in [1.165, 1.54) is 11.5 Å². The zero-order valence-corrected chi connectivity index (χ0v) is 20.4. The number of hydrogen-bond donors (Lipinski definition) is 2. The summed E-state index contributed by atoms with van der Waals surface area (Å²) in [5.74, 6) is -2.17. The lowest BCUT2D eigenvalue weighted by Crippen LogP contribution is -2.44. The Balaban J connectivity index is 1.65. The summed E-state index contributed by atoms with van der Waals surface area (Å²) in [6.45, 7) is 4.31. The molecule has 1 aliphatic heterocycles. The molecule has 9 heteroatoms. The Morgan fingerprint density at radius 1 is 1.21 bits per heavy atom. The van der Waals surface area contributed by atoms with Gasteiger partial charge in [-0.3, -0.25) is 14.4 Å². The van der Waals surface area contributed by atoms with Crippen molar-refractivity contribution in [1.82, 2.24) is 15.0 Å². The molecular formula is C25H31N3O5S. The molecule has 0 fully saturated rings. The number of Topliss-reactive ketones (excluding diaryl/α,β-unsaturated/α-hetero) is 2. The number of rotatable bonds is 8. The summed E-state index contributed by atoms with van der Waals surface area (Å²) in [5, 5.41) is 5.30. The predicted octanol–water partition coefficient (Wildman–Crippen LogP) is 3.23. The molecule has 2 bridgehead atoms. The molecular weight excluding hydrogens is 454 g/mol. The average Bonchev–Trinajstić information content (AvgIpc) is 3.26. The fourth-order valence-corrected chi connectivity index (χ4v) is 4.62. The molecule has 2 unspecified atom stereocenters. The van der Waals surface area contributed by atoms with Gasteiger partial charge in [0.05, 0.1) is 11.7 Å². The van der Waals surface area contributed by atoms with Crippen LogP contribution in [0.3, 0.4) is 0 Å². The van der Waals surface area contributed by atoms with Crippen molar-refractivity contribution < 1.29 is 23.9 Å². The Morgan fingerprint density at radius 2 is 1.97 bits per heavy atom. The van der Waals surface area contributed by atoms with Crippen molar-refractivity contribution in [3.05, 3.63) is 52.5 Å². The van der Waals surface area contributed by atoms with Gasteiger partial charge in [-0.15, -0.1) is 0 Å². The van der Waals surface area contributed by atoms with Crippen LogP contribution in [0, 0.1) is 11.8 Å². The number of carbonyl (C=O) groups is 4. The number of nitrogens with one attached hydrogen (secondary N) is 2. The number of amides is 2. The van der Waals surface area contributed by atoms with E-state index < -0.39 is 29.7 Å². The fraction of sp³-hybridized carbons (Fsp3) is 0.480. The number of ether oxygens (including phenoxy) is 1. The van der Waals surface area contributed by atoms with Crippen molar-refractivity contribution in [1.29, 1.82) is 0 Å². The SMILES string of the molecule is CC(C)CC(NC(=O)OCc1ccccc1)C(=O)CC1CCc2cc(ns2)CCNC(=O)C1=O. The molecule has 2 N–H and O–H groups in total. The molecule has 1 aromatic carbocycles. The highest BCUT2D eigenvalue weighted by Gasteiger charge is 2.31. The first-order valence-corrected chi connectivity index (χ1v) is 12.4. The minimum absolute atomic E-state index is 0.0907. The van der Waals surface area contributed by atoms with E-state index in [1.54, 1.807) is 0 Å². The van der Waals surface area contributed by atoms with Crippen LogP contribution in [0.1, 0.15) is 49.2 Å². The van der Waals surface area contributed by atoms with Crippen LogP contribution < -0.4 is 10.6 Å². The maximum absolute atomic E-state index is 13.2. The van der Waals surface area contributed by atoms with E-state index in [0.717, 1.165) is 16.1 Å². The molecule has 2 heterocycles. The van der Waals surface area contributed by atoms with E-state index in [-0.39, 0.29) is 24.7 Å². The third kappa shape index (κ3) is 7.76. The smallest absolute Gasteiger partial charge is 0.408 e. The number of benzene rings is 1. The van der Waals surface area contributed by atoms with Crippen molar-refractivity contribution in [3.63, 3.8) is 0 Å². The monoisotopic (exact) mass is 485 g/mol. The number of ketones is 2. The largest absolute Gasteiger partial charge is 0.445 e. The number of nitrogens with zero attached hydrogens (tertiary/aromatic N) is 1. The Bertz CT molecular complexity index is 1000. The van der Waals surface area contributed by atoms with E-state index in [4.69, 9.17) is 4.74 Å². The summed E-state index contributed by atoms with van der Waals surface area (Å²) in [6, 6.07) is 10.4. The van der Waals surface area contributed by atoms with Gasteiger partial charge in [-0.25, -0.2) is 4.79 Å². The van der Waals surface area contributed by atoms with Gasteiger partial charge < -0.3 is 15.4 Å². The van der Waals surface area contributed by atoms with Crippen molar-refractivity contribution >= 4 is 35.1 Å². The van der Waals surface area contributed by atoms with Gasteiger partial charge >= 0.3 is 6.09 Å². The highest BCUT2D eigenvalue weighted by molar-refractivity contribution is 7.05. The summed E-state index contributed by atoms with van der Waals surface area (Å²) in [5.41, 5.74) is 1.72. The van der Waals surface area contributed by atoms with E-state index in [1.807, 2.05) is 50.2 Å². The summed E-state index contributed by atoms with van der Waals surface area (Å²) in [6.07, 6.45) is 1.10. The van der Waals surface area contributed by atoms with Gasteiger partial charge in [0.15, 0.2) is 5.78 Å². The molecule has 0 aliphatic carbocycles. The van der Waals surface area contributed by atoms with Crippen LogP contribution in [0.4, 0.5) is 4.79 Å². The molecule has 0 radical (unpaired) electrons. The van der Waals surface area contributed by atoms with Crippen LogP contribution in [-0.4, -0.2) is 40.5 Å². The van der Waals surface area contributed by atoms with E-state index in [9.17, 15) is 19.2 Å². The molecule has 8 nitrogen and oxygen atoms in total. The number of fused-ring (bicyclic) bond motifs is 2. The second-order valence-corrected chi connectivity index (χ2v) is 9.84. The number of hydrogen-bond acceptors (Lipinski definition) is 7. The molecule has 0 saturated heterocycles. The van der Waals surface area contributed by atoms with Gasteiger partial charge in [0.2, 0.25) is 5.78 Å². The fourth-order valence-electron chi connectivity index (χ4n) is 3.84. The van der Waals surface area contributed by atoms with Gasteiger partial charge in [-0.1, -0.05) is 44.2 Å². The predicted molar refractivity (Wildman–Crippen MR) is 128 cm³/mol. The molecule has 2 amide bonds. The molecule has 0 spiro atoms. The summed E-state index contributed by atoms with van der Waals surface area (Å²) in [7, 11) is 0. The highest BCUT2D eigenvalue weighted by Crippen LogP contribution is 2.21. The first-order chi connectivity index (χ1) is 16.3. The Morgan fingerprint density at radius 3 is 2.71 bits per heavy atom. The van der Waals surface area contributed by atoms with Crippen molar-refractivity contribution in [3.8, 4) is 0 Å². The molecule has 1 aromatic heterocycles. The summed E-state index contributed by atoms with van der Waals surface area (Å²) >= 11 is 1.38. The van der Waals surface area contributed by atoms with Gasteiger partial charge in [-0.2, -0.15) is 4.37 Å². The lowest BCUT2D eigenvalue weighted by atomic mass is 9.88. The second-order valence-electron chi connectivity index (χ2n) is 8.95. The summed E-state index contributed by atoms with van der Waals surface area (Å²) < 4.78 is 9.65. The molecule has 2 aromatic rings. The number of alkyl carbamates (subject to hydrolysis) is 1. The van der Waals surface area contributed by atoms with Crippen LogP contribution in [-0.2, 0) is 38.6 Å². The quantitative estimate of drug-likeness (QED) is 0.555. The van der Waals surface area contributed by atoms with E-state index >= 15 is 0 Å². The van der Waals surface area contributed by atoms with E-state index in [0.29, 0.717) is 32.2 Å². The minimum atomic E-state index is -0.799. The lowest BCUT2D eigenvalue weighted by Gasteiger charge is -2.22.